The van der Waals surface area contributed by atoms with Gasteiger partial charge < -0.3 is 9.47 Å². The maximum Gasteiger partial charge on any atom is 0.122 e. The van der Waals surface area contributed by atoms with Gasteiger partial charge in [0.25, 0.3) is 0 Å². The normalized spacial score (nSPS) is 15.8. The Bertz CT molecular complexity index is 533. The van der Waals surface area contributed by atoms with Gasteiger partial charge in [0.15, 0.2) is 0 Å². The van der Waals surface area contributed by atoms with Crippen LogP contribution in [-0.2, 0) is 11.2 Å². The zero-order chi connectivity index (χ0) is 20.4. The number of rotatable bonds is 19. The van der Waals surface area contributed by atoms with E-state index in [0.717, 1.165) is 18.8 Å². The van der Waals surface area contributed by atoms with Crippen molar-refractivity contribution in [1.82, 2.24) is 0 Å². The molecule has 0 N–H and O–H groups in total. The summed E-state index contributed by atoms with van der Waals surface area (Å²) in [6.07, 6.45) is 25.3. The molecule has 29 heavy (non-hydrogen) atoms. The van der Waals surface area contributed by atoms with Crippen LogP contribution in [0.25, 0.3) is 0 Å². The molecule has 0 aromatic heterocycles. The molecule has 1 heterocycles. The predicted molar refractivity (Wildman–Crippen MR) is 125 cm³/mol. The zero-order valence-electron chi connectivity index (χ0n) is 18.9. The van der Waals surface area contributed by atoms with E-state index in [-0.39, 0.29) is 0 Å². The van der Waals surface area contributed by atoms with Crippen LogP contribution in [0.1, 0.15) is 102 Å². The standard InChI is InChI=1S/C27H44O2/c1-2-3-4-5-6-7-8-9-10-11-12-13-14-15-16-17-20-25-21-18-19-22-27(25)29-24-26-23-28-26/h4-5,18-19,21-22,26H,2-3,6-17,20,23-24H2,1H3/b5-4+. The Kier molecular flexibility index (Phi) is 13.7. The molecule has 0 amide bonds. The quantitative estimate of drug-likeness (QED) is 0.133. The molecule has 0 aliphatic carbocycles. The summed E-state index contributed by atoms with van der Waals surface area (Å²) < 4.78 is 11.1. The van der Waals surface area contributed by atoms with Crippen LogP contribution in [-0.4, -0.2) is 19.3 Å². The average Bonchev–Trinajstić information content (AvgIpc) is 3.57. The van der Waals surface area contributed by atoms with Crippen LogP contribution in [0.2, 0.25) is 0 Å². The van der Waals surface area contributed by atoms with Crippen LogP contribution in [0.15, 0.2) is 36.4 Å². The Labute approximate surface area is 180 Å². The van der Waals surface area contributed by atoms with Gasteiger partial charge in [0.1, 0.15) is 18.5 Å². The molecule has 0 radical (unpaired) electrons. The number of unbranched alkanes of at least 4 members (excludes halogenated alkanes) is 12. The van der Waals surface area contributed by atoms with Crippen molar-refractivity contribution < 1.29 is 9.47 Å². The molecule has 1 unspecified atom stereocenters. The van der Waals surface area contributed by atoms with Crippen molar-refractivity contribution in [3.63, 3.8) is 0 Å². The van der Waals surface area contributed by atoms with Crippen molar-refractivity contribution in [2.24, 2.45) is 0 Å². The second-order valence-corrected chi connectivity index (χ2v) is 8.56. The molecular formula is C27H44O2. The van der Waals surface area contributed by atoms with E-state index < -0.39 is 0 Å². The van der Waals surface area contributed by atoms with Gasteiger partial charge in [0.2, 0.25) is 0 Å². The van der Waals surface area contributed by atoms with Crippen LogP contribution < -0.4 is 4.74 Å². The van der Waals surface area contributed by atoms with E-state index in [2.05, 4.69) is 43.3 Å². The van der Waals surface area contributed by atoms with Crippen molar-refractivity contribution in [2.45, 2.75) is 109 Å². The van der Waals surface area contributed by atoms with Gasteiger partial charge in [-0.25, -0.2) is 0 Å². The van der Waals surface area contributed by atoms with Crippen LogP contribution in [0, 0.1) is 0 Å². The summed E-state index contributed by atoms with van der Waals surface area (Å²) in [5.41, 5.74) is 1.36. The fourth-order valence-electron chi connectivity index (χ4n) is 3.77. The molecule has 0 bridgehead atoms. The molecule has 1 aromatic rings. The smallest absolute Gasteiger partial charge is 0.122 e. The summed E-state index contributed by atoms with van der Waals surface area (Å²) in [5, 5.41) is 0. The highest BCUT2D eigenvalue weighted by Gasteiger charge is 2.23. The first-order valence-corrected chi connectivity index (χ1v) is 12.4. The molecule has 1 fully saturated rings. The minimum atomic E-state index is 0.329. The Balaban J connectivity index is 1.36. The molecule has 1 aliphatic heterocycles. The number of allylic oxidation sites excluding steroid dienone is 2. The first kappa shape index (κ1) is 24.0. The lowest BCUT2D eigenvalue weighted by molar-refractivity contribution is 0.261. The molecule has 2 heteroatoms. The molecule has 2 nitrogen and oxygen atoms in total. The van der Waals surface area contributed by atoms with Crippen LogP contribution >= 0.6 is 0 Å². The number of epoxide rings is 1. The van der Waals surface area contributed by atoms with Crippen LogP contribution in [0.5, 0.6) is 5.75 Å². The molecular weight excluding hydrogens is 356 g/mol. The molecule has 1 aromatic carbocycles. The fraction of sp³-hybridized carbons (Fsp3) is 0.704. The highest BCUT2D eigenvalue weighted by Crippen LogP contribution is 2.22. The van der Waals surface area contributed by atoms with Gasteiger partial charge in [0.05, 0.1) is 6.61 Å². The molecule has 0 saturated carbocycles. The predicted octanol–water partition coefficient (Wildman–Crippen LogP) is 8.04. The second-order valence-electron chi connectivity index (χ2n) is 8.56. The molecule has 1 saturated heterocycles. The molecule has 1 atom stereocenters. The number of aryl methyl sites for hydroxylation is 1. The third-order valence-corrected chi connectivity index (χ3v) is 5.74. The summed E-state index contributed by atoms with van der Waals surface area (Å²) in [7, 11) is 0. The van der Waals surface area contributed by atoms with Crippen LogP contribution in [0.3, 0.4) is 0 Å². The van der Waals surface area contributed by atoms with Crippen molar-refractivity contribution in [3.8, 4) is 5.75 Å². The third-order valence-electron chi connectivity index (χ3n) is 5.74. The molecule has 2 rings (SSSR count). The maximum atomic E-state index is 5.91. The largest absolute Gasteiger partial charge is 0.491 e. The monoisotopic (exact) mass is 400 g/mol. The van der Waals surface area contributed by atoms with E-state index in [9.17, 15) is 0 Å². The first-order valence-electron chi connectivity index (χ1n) is 12.4. The maximum absolute atomic E-state index is 5.91. The number of hydrogen-bond acceptors (Lipinski definition) is 2. The Hall–Kier alpha value is -1.28. The van der Waals surface area contributed by atoms with Gasteiger partial charge in [-0.05, 0) is 43.7 Å². The van der Waals surface area contributed by atoms with Crippen LogP contribution in [0.4, 0.5) is 0 Å². The number of ether oxygens (including phenoxy) is 2. The molecule has 164 valence electrons. The third kappa shape index (κ3) is 12.8. The Morgan fingerprint density at radius 3 is 2.07 bits per heavy atom. The Morgan fingerprint density at radius 2 is 1.41 bits per heavy atom. The van der Waals surface area contributed by atoms with Crippen molar-refractivity contribution in [1.29, 1.82) is 0 Å². The zero-order valence-corrected chi connectivity index (χ0v) is 18.9. The summed E-state index contributed by atoms with van der Waals surface area (Å²) in [5.74, 6) is 1.06. The average molecular weight is 401 g/mol. The highest BCUT2D eigenvalue weighted by atomic mass is 16.6. The van der Waals surface area contributed by atoms with Crippen molar-refractivity contribution in [3.05, 3.63) is 42.0 Å². The SMILES string of the molecule is CCC/C=C/CCCCCCCCCCCCCc1ccccc1OCC1CO1. The van der Waals surface area contributed by atoms with Gasteiger partial charge in [-0.1, -0.05) is 101 Å². The van der Waals surface area contributed by atoms with Gasteiger partial charge in [-0.15, -0.1) is 0 Å². The first-order chi connectivity index (χ1) is 14.4. The number of benzene rings is 1. The topological polar surface area (TPSA) is 21.8 Å². The van der Waals surface area contributed by atoms with Gasteiger partial charge >= 0.3 is 0 Å². The van der Waals surface area contributed by atoms with E-state index in [4.69, 9.17) is 9.47 Å². The number of hydrogen-bond donors (Lipinski definition) is 0. The minimum absolute atomic E-state index is 0.329. The molecule has 0 spiro atoms. The lowest BCUT2D eigenvalue weighted by Crippen LogP contribution is -2.05. The molecule has 1 aliphatic rings. The van der Waals surface area contributed by atoms with E-state index in [1.165, 1.54) is 95.5 Å². The fourth-order valence-corrected chi connectivity index (χ4v) is 3.77. The van der Waals surface area contributed by atoms with Gasteiger partial charge in [0, 0.05) is 0 Å². The highest BCUT2D eigenvalue weighted by molar-refractivity contribution is 5.33. The van der Waals surface area contributed by atoms with Crippen molar-refractivity contribution >= 4 is 0 Å². The van der Waals surface area contributed by atoms with E-state index >= 15 is 0 Å². The lowest BCUT2D eigenvalue weighted by Gasteiger charge is -2.10. The van der Waals surface area contributed by atoms with E-state index in [0.29, 0.717) is 12.7 Å². The van der Waals surface area contributed by atoms with Gasteiger partial charge in [-0.3, -0.25) is 0 Å². The minimum Gasteiger partial charge on any atom is -0.491 e. The Morgan fingerprint density at radius 1 is 0.828 bits per heavy atom. The number of para-hydroxylation sites is 1. The second kappa shape index (κ2) is 16.5. The summed E-state index contributed by atoms with van der Waals surface area (Å²) >= 11 is 0. The van der Waals surface area contributed by atoms with Crippen molar-refractivity contribution in [2.75, 3.05) is 13.2 Å². The summed E-state index contributed by atoms with van der Waals surface area (Å²) in [6, 6.07) is 8.50. The summed E-state index contributed by atoms with van der Waals surface area (Å²) in [4.78, 5) is 0. The summed E-state index contributed by atoms with van der Waals surface area (Å²) in [6.45, 7) is 3.80. The van der Waals surface area contributed by atoms with Gasteiger partial charge in [-0.2, -0.15) is 0 Å². The van der Waals surface area contributed by atoms with E-state index in [1.807, 2.05) is 0 Å². The lowest BCUT2D eigenvalue weighted by atomic mass is 10.0. The van der Waals surface area contributed by atoms with E-state index in [1.54, 1.807) is 0 Å².